The van der Waals surface area contributed by atoms with Crippen molar-refractivity contribution in [1.29, 1.82) is 0 Å². The van der Waals surface area contributed by atoms with Crippen molar-refractivity contribution in [3.63, 3.8) is 0 Å². The van der Waals surface area contributed by atoms with Crippen LogP contribution in [-0.2, 0) is 0 Å². The zero-order valence-corrected chi connectivity index (χ0v) is 14.4. The van der Waals surface area contributed by atoms with Gasteiger partial charge in [-0.15, -0.1) is 5.10 Å². The smallest absolute Gasteiger partial charge is 0.294 e. The first-order valence-corrected chi connectivity index (χ1v) is 9.37. The van der Waals surface area contributed by atoms with E-state index in [9.17, 15) is 0 Å². The van der Waals surface area contributed by atoms with Crippen molar-refractivity contribution in [2.45, 2.75) is 43.9 Å². The van der Waals surface area contributed by atoms with Gasteiger partial charge in [-0.25, -0.2) is 0 Å². The van der Waals surface area contributed by atoms with E-state index in [1.165, 1.54) is 18.2 Å². The second-order valence-electron chi connectivity index (χ2n) is 6.91. The Morgan fingerprint density at radius 1 is 1.17 bits per heavy atom. The molecule has 2 fully saturated rings. The third-order valence-electron chi connectivity index (χ3n) is 5.53. The molecular formula is C18H20N4OS. The van der Waals surface area contributed by atoms with E-state index in [0.29, 0.717) is 17.3 Å². The first kappa shape index (κ1) is 14.4. The predicted molar refractivity (Wildman–Crippen MR) is 95.4 cm³/mol. The second kappa shape index (κ2) is 5.57. The standard InChI is InChI=1S/C18H20N4OS/c1-22-13-3-4-14(22)10-15(9-13)23-18-21-20-17(24-18)12-2-5-16-11(8-12)6-7-19-16/h2,5-8,13-15,19H,3-4,9-10H2,1H3/t13-,14?,15?/m0/s1. The van der Waals surface area contributed by atoms with Crippen LogP contribution in [0.1, 0.15) is 25.7 Å². The van der Waals surface area contributed by atoms with Crippen LogP contribution >= 0.6 is 11.3 Å². The molecule has 0 radical (unpaired) electrons. The Bertz CT molecular complexity index is 859. The van der Waals surface area contributed by atoms with Crippen LogP contribution in [0.3, 0.4) is 0 Å². The van der Waals surface area contributed by atoms with E-state index in [2.05, 4.69) is 51.4 Å². The van der Waals surface area contributed by atoms with Gasteiger partial charge in [-0.05, 0) is 57.0 Å². The number of H-pyrrole nitrogens is 1. The van der Waals surface area contributed by atoms with Gasteiger partial charge in [-0.1, -0.05) is 16.4 Å². The third-order valence-corrected chi connectivity index (χ3v) is 6.39. The average molecular weight is 340 g/mol. The van der Waals surface area contributed by atoms with Crippen molar-refractivity contribution in [3.8, 4) is 15.8 Å². The van der Waals surface area contributed by atoms with Gasteiger partial charge in [-0.2, -0.15) is 0 Å². The molecule has 1 aromatic carbocycles. The number of nitrogens with zero attached hydrogens (tertiary/aromatic N) is 3. The molecule has 2 bridgehead atoms. The largest absolute Gasteiger partial charge is 0.465 e. The maximum Gasteiger partial charge on any atom is 0.294 e. The summed E-state index contributed by atoms with van der Waals surface area (Å²) in [4.78, 5) is 5.74. The molecule has 4 heterocycles. The molecule has 2 saturated heterocycles. The number of aromatic amines is 1. The summed E-state index contributed by atoms with van der Waals surface area (Å²) in [6.07, 6.45) is 7.07. The summed E-state index contributed by atoms with van der Waals surface area (Å²) < 4.78 is 6.17. The van der Waals surface area contributed by atoms with E-state index < -0.39 is 0 Å². The van der Waals surface area contributed by atoms with Gasteiger partial charge < -0.3 is 14.6 Å². The Morgan fingerprint density at radius 2 is 2.00 bits per heavy atom. The van der Waals surface area contributed by atoms with Crippen molar-refractivity contribution in [3.05, 3.63) is 30.5 Å². The van der Waals surface area contributed by atoms with Gasteiger partial charge in [0.05, 0.1) is 0 Å². The van der Waals surface area contributed by atoms with Crippen LogP contribution in [0.5, 0.6) is 5.19 Å². The fourth-order valence-corrected chi connectivity index (χ4v) is 4.92. The zero-order valence-electron chi connectivity index (χ0n) is 13.6. The predicted octanol–water partition coefficient (Wildman–Crippen LogP) is 3.69. The van der Waals surface area contributed by atoms with Gasteiger partial charge in [0.25, 0.3) is 5.19 Å². The molecule has 124 valence electrons. The number of piperidine rings is 1. The summed E-state index contributed by atoms with van der Waals surface area (Å²) in [6, 6.07) is 9.74. The molecule has 24 heavy (non-hydrogen) atoms. The highest BCUT2D eigenvalue weighted by molar-refractivity contribution is 7.16. The summed E-state index contributed by atoms with van der Waals surface area (Å²) in [5.74, 6) is 0. The van der Waals surface area contributed by atoms with Crippen LogP contribution in [0.25, 0.3) is 21.5 Å². The van der Waals surface area contributed by atoms with Crippen LogP contribution in [0.4, 0.5) is 0 Å². The van der Waals surface area contributed by atoms with Gasteiger partial charge in [0.2, 0.25) is 0 Å². The number of hydrogen-bond acceptors (Lipinski definition) is 5. The van der Waals surface area contributed by atoms with Crippen molar-refractivity contribution in [2.24, 2.45) is 0 Å². The maximum atomic E-state index is 6.17. The lowest BCUT2D eigenvalue weighted by atomic mass is 10.0. The Kier molecular flexibility index (Phi) is 3.35. The van der Waals surface area contributed by atoms with E-state index in [-0.39, 0.29) is 6.10 Å². The Hall–Kier alpha value is -1.92. The average Bonchev–Trinajstić information content (AvgIpc) is 3.27. The van der Waals surface area contributed by atoms with Gasteiger partial charge in [0, 0.05) is 34.7 Å². The fraction of sp³-hybridized carbons (Fsp3) is 0.444. The molecule has 2 aliphatic rings. The van der Waals surface area contributed by atoms with Crippen molar-refractivity contribution < 1.29 is 4.74 Å². The lowest BCUT2D eigenvalue weighted by molar-refractivity contribution is 0.0655. The molecule has 2 aliphatic heterocycles. The number of rotatable bonds is 3. The number of hydrogen-bond donors (Lipinski definition) is 1. The third kappa shape index (κ3) is 2.41. The van der Waals surface area contributed by atoms with E-state index in [1.54, 1.807) is 11.3 Å². The molecule has 6 heteroatoms. The molecular weight excluding hydrogens is 320 g/mol. The van der Waals surface area contributed by atoms with Gasteiger partial charge >= 0.3 is 0 Å². The summed E-state index contributed by atoms with van der Waals surface area (Å²) >= 11 is 1.55. The molecule has 0 aliphatic carbocycles. The number of aromatic nitrogens is 3. The minimum absolute atomic E-state index is 0.284. The molecule has 0 spiro atoms. The highest BCUT2D eigenvalue weighted by atomic mass is 32.1. The summed E-state index contributed by atoms with van der Waals surface area (Å²) in [5.41, 5.74) is 2.24. The molecule has 3 aromatic rings. The monoisotopic (exact) mass is 340 g/mol. The molecule has 3 atom stereocenters. The fourth-order valence-electron chi connectivity index (χ4n) is 4.16. The number of nitrogens with one attached hydrogen (secondary N) is 1. The quantitative estimate of drug-likeness (QED) is 0.790. The lowest BCUT2D eigenvalue weighted by Gasteiger charge is -2.35. The molecule has 5 rings (SSSR count). The minimum atomic E-state index is 0.284. The number of ether oxygens (including phenoxy) is 1. The molecule has 0 amide bonds. The number of fused-ring (bicyclic) bond motifs is 3. The highest BCUT2D eigenvalue weighted by Crippen LogP contribution is 2.37. The van der Waals surface area contributed by atoms with Crippen molar-refractivity contribution >= 4 is 22.2 Å². The van der Waals surface area contributed by atoms with E-state index in [0.717, 1.165) is 28.9 Å². The minimum Gasteiger partial charge on any atom is -0.465 e. The van der Waals surface area contributed by atoms with Crippen molar-refractivity contribution in [2.75, 3.05) is 7.05 Å². The summed E-state index contributed by atoms with van der Waals surface area (Å²) in [7, 11) is 2.25. The Balaban J connectivity index is 1.34. The second-order valence-corrected chi connectivity index (χ2v) is 7.85. The first-order valence-electron chi connectivity index (χ1n) is 8.56. The van der Waals surface area contributed by atoms with E-state index in [4.69, 9.17) is 4.74 Å². The zero-order chi connectivity index (χ0) is 16.1. The van der Waals surface area contributed by atoms with E-state index >= 15 is 0 Å². The van der Waals surface area contributed by atoms with Gasteiger partial charge in [0.15, 0.2) is 5.01 Å². The Morgan fingerprint density at radius 3 is 2.83 bits per heavy atom. The van der Waals surface area contributed by atoms with Crippen LogP contribution in [-0.4, -0.2) is 45.3 Å². The number of benzene rings is 1. The van der Waals surface area contributed by atoms with Crippen LogP contribution in [0.15, 0.2) is 30.5 Å². The van der Waals surface area contributed by atoms with Gasteiger partial charge in [-0.3, -0.25) is 0 Å². The summed E-state index contributed by atoms with van der Waals surface area (Å²) in [6.45, 7) is 0. The van der Waals surface area contributed by atoms with Crippen LogP contribution in [0, 0.1) is 0 Å². The summed E-state index contributed by atoms with van der Waals surface area (Å²) in [5, 5.41) is 11.4. The molecule has 2 unspecified atom stereocenters. The molecule has 1 N–H and O–H groups in total. The van der Waals surface area contributed by atoms with Gasteiger partial charge in [0.1, 0.15) is 6.10 Å². The molecule has 5 nitrogen and oxygen atoms in total. The topological polar surface area (TPSA) is 54.0 Å². The Labute approximate surface area is 144 Å². The lowest BCUT2D eigenvalue weighted by Crippen LogP contribution is -2.43. The van der Waals surface area contributed by atoms with E-state index in [1.807, 2.05) is 6.20 Å². The highest BCUT2D eigenvalue weighted by Gasteiger charge is 2.39. The SMILES string of the molecule is CN1C2CC[C@H]1CC(Oc1nnc(-c3ccc4[nH]ccc4c3)s1)C2. The first-order chi connectivity index (χ1) is 11.8. The normalized spacial score (nSPS) is 27.0. The molecule has 2 aromatic heterocycles. The molecule has 0 saturated carbocycles. The van der Waals surface area contributed by atoms with Crippen LogP contribution < -0.4 is 4.74 Å². The maximum absolute atomic E-state index is 6.17. The van der Waals surface area contributed by atoms with Crippen molar-refractivity contribution in [1.82, 2.24) is 20.1 Å². The van der Waals surface area contributed by atoms with Crippen LogP contribution in [0.2, 0.25) is 0 Å².